The number of halogens is 1. The maximum atomic E-state index is 13.2. The van der Waals surface area contributed by atoms with E-state index in [9.17, 15) is 8.42 Å². The number of sulfonamides is 1. The smallest absolute Gasteiger partial charge is 0.268 e. The summed E-state index contributed by atoms with van der Waals surface area (Å²) in [6.07, 6.45) is 0.712. The van der Waals surface area contributed by atoms with E-state index >= 15 is 0 Å². The number of nitrogens with zero attached hydrogens (tertiary/aromatic N) is 1. The van der Waals surface area contributed by atoms with Crippen LogP contribution in [-0.2, 0) is 10.0 Å². The summed E-state index contributed by atoms with van der Waals surface area (Å²) in [5, 5.41) is 0. The molecule has 0 saturated carbocycles. The summed E-state index contributed by atoms with van der Waals surface area (Å²) in [6.45, 7) is 4.22. The molecule has 0 atom stereocenters. The normalized spacial score (nSPS) is 11.3. The minimum absolute atomic E-state index is 0.191. The van der Waals surface area contributed by atoms with E-state index in [1.807, 2.05) is 32.0 Å². The molecule has 0 N–H and O–H groups in total. The first-order chi connectivity index (χ1) is 10.9. The lowest BCUT2D eigenvalue weighted by Gasteiger charge is -2.25. The lowest BCUT2D eigenvalue weighted by atomic mass is 10.2. The molecule has 0 fully saturated rings. The highest BCUT2D eigenvalue weighted by atomic mass is 79.9. The van der Waals surface area contributed by atoms with Crippen LogP contribution >= 0.6 is 15.9 Å². The van der Waals surface area contributed by atoms with E-state index in [-0.39, 0.29) is 4.90 Å². The van der Waals surface area contributed by atoms with Crippen LogP contribution in [0.2, 0.25) is 0 Å². The van der Waals surface area contributed by atoms with Gasteiger partial charge in [0.05, 0.1) is 12.8 Å². The Morgan fingerprint density at radius 3 is 2.35 bits per heavy atom. The van der Waals surface area contributed by atoms with Crippen molar-refractivity contribution in [1.82, 2.24) is 0 Å². The Balaban J connectivity index is 2.57. The molecule has 0 saturated heterocycles. The van der Waals surface area contributed by atoms with Crippen molar-refractivity contribution in [1.29, 1.82) is 0 Å². The number of rotatable bonds is 6. The second kappa shape index (κ2) is 7.36. The summed E-state index contributed by atoms with van der Waals surface area (Å²) in [5.41, 5.74) is 1.51. The lowest BCUT2D eigenvalue weighted by molar-refractivity contribution is 0.402. The molecule has 2 aromatic rings. The van der Waals surface area contributed by atoms with E-state index in [0.29, 0.717) is 24.4 Å². The van der Waals surface area contributed by atoms with Gasteiger partial charge in [-0.3, -0.25) is 4.31 Å². The van der Waals surface area contributed by atoms with E-state index in [1.165, 1.54) is 11.4 Å². The molecular weight excluding hydrogens is 378 g/mol. The monoisotopic (exact) mass is 397 g/mol. The molecule has 0 amide bonds. The summed E-state index contributed by atoms with van der Waals surface area (Å²) in [7, 11) is -2.22. The highest BCUT2D eigenvalue weighted by molar-refractivity contribution is 9.10. The molecule has 0 bridgehead atoms. The Labute approximate surface area is 146 Å². The van der Waals surface area contributed by atoms with Crippen LogP contribution in [0.15, 0.2) is 51.8 Å². The quantitative estimate of drug-likeness (QED) is 0.726. The zero-order valence-electron chi connectivity index (χ0n) is 13.4. The molecule has 0 heterocycles. The standard InChI is InChI=1S/C17H20BrNO3S/c1-4-11-19(15-8-6-14(18)7-9-15)23(20,21)17-12-13(2)5-10-16(17)22-3/h5-10,12H,4,11H2,1-3H3. The van der Waals surface area contributed by atoms with Gasteiger partial charge in [-0.05, 0) is 55.3 Å². The Kier molecular flexibility index (Phi) is 5.70. The van der Waals surface area contributed by atoms with Gasteiger partial charge in [-0.25, -0.2) is 8.42 Å². The fraction of sp³-hybridized carbons (Fsp3) is 0.294. The van der Waals surface area contributed by atoms with Crippen molar-refractivity contribution in [2.75, 3.05) is 18.0 Å². The number of hydrogen-bond acceptors (Lipinski definition) is 3. The SMILES string of the molecule is CCCN(c1ccc(Br)cc1)S(=O)(=O)c1cc(C)ccc1OC. The van der Waals surface area contributed by atoms with E-state index in [4.69, 9.17) is 4.74 Å². The van der Waals surface area contributed by atoms with Gasteiger partial charge in [0.2, 0.25) is 0 Å². The zero-order chi connectivity index (χ0) is 17.0. The Morgan fingerprint density at radius 2 is 1.78 bits per heavy atom. The number of anilines is 1. The molecule has 6 heteroatoms. The van der Waals surface area contributed by atoms with Gasteiger partial charge < -0.3 is 4.74 Å². The molecule has 0 aromatic heterocycles. The third-order valence-electron chi connectivity index (χ3n) is 3.43. The van der Waals surface area contributed by atoms with Crippen LogP contribution < -0.4 is 9.04 Å². The van der Waals surface area contributed by atoms with E-state index in [2.05, 4.69) is 15.9 Å². The molecular formula is C17H20BrNO3S. The summed E-state index contributed by atoms with van der Waals surface area (Å²) in [4.78, 5) is 0.191. The van der Waals surface area contributed by atoms with Gasteiger partial charge in [0.25, 0.3) is 10.0 Å². The van der Waals surface area contributed by atoms with Crippen LogP contribution in [0.25, 0.3) is 0 Å². The average molecular weight is 398 g/mol. The Hall–Kier alpha value is -1.53. The van der Waals surface area contributed by atoms with E-state index < -0.39 is 10.0 Å². The highest BCUT2D eigenvalue weighted by Crippen LogP contribution is 2.31. The van der Waals surface area contributed by atoms with Crippen molar-refractivity contribution in [2.45, 2.75) is 25.2 Å². The molecule has 4 nitrogen and oxygen atoms in total. The number of methoxy groups -OCH3 is 1. The number of aryl methyl sites for hydroxylation is 1. The molecule has 0 spiro atoms. The maximum absolute atomic E-state index is 13.2. The van der Waals surface area contributed by atoms with Crippen LogP contribution in [0.4, 0.5) is 5.69 Å². The number of benzene rings is 2. The maximum Gasteiger partial charge on any atom is 0.268 e. The molecule has 2 rings (SSSR count). The first-order valence-corrected chi connectivity index (χ1v) is 9.56. The molecule has 0 aliphatic carbocycles. The summed E-state index contributed by atoms with van der Waals surface area (Å²) >= 11 is 3.37. The fourth-order valence-corrected chi connectivity index (χ4v) is 4.37. The first-order valence-electron chi connectivity index (χ1n) is 7.33. The zero-order valence-corrected chi connectivity index (χ0v) is 15.8. The van der Waals surface area contributed by atoms with Crippen molar-refractivity contribution in [3.8, 4) is 5.75 Å². The van der Waals surface area contributed by atoms with Gasteiger partial charge in [0.15, 0.2) is 0 Å². The van der Waals surface area contributed by atoms with Crippen molar-refractivity contribution < 1.29 is 13.2 Å². The van der Waals surface area contributed by atoms with Crippen LogP contribution in [0.3, 0.4) is 0 Å². The van der Waals surface area contributed by atoms with Gasteiger partial charge in [0, 0.05) is 11.0 Å². The van der Waals surface area contributed by atoms with Gasteiger partial charge in [-0.1, -0.05) is 28.9 Å². The molecule has 2 aromatic carbocycles. The molecule has 0 unspecified atom stereocenters. The van der Waals surface area contributed by atoms with Crippen LogP contribution in [-0.4, -0.2) is 22.1 Å². The van der Waals surface area contributed by atoms with Gasteiger partial charge in [-0.2, -0.15) is 0 Å². The molecule has 0 radical (unpaired) electrons. The van der Waals surface area contributed by atoms with Crippen molar-refractivity contribution in [3.05, 3.63) is 52.5 Å². The predicted molar refractivity (Wildman–Crippen MR) is 96.7 cm³/mol. The summed E-state index contributed by atoms with van der Waals surface area (Å²) < 4.78 is 33.9. The van der Waals surface area contributed by atoms with Crippen LogP contribution in [0, 0.1) is 6.92 Å². The van der Waals surface area contributed by atoms with Gasteiger partial charge in [0.1, 0.15) is 10.6 Å². The third-order valence-corrected chi connectivity index (χ3v) is 5.81. The van der Waals surface area contributed by atoms with Crippen molar-refractivity contribution in [3.63, 3.8) is 0 Å². The van der Waals surface area contributed by atoms with E-state index in [0.717, 1.165) is 10.0 Å². The van der Waals surface area contributed by atoms with Gasteiger partial charge in [-0.15, -0.1) is 0 Å². The number of ether oxygens (including phenoxy) is 1. The largest absolute Gasteiger partial charge is 0.495 e. The number of hydrogen-bond donors (Lipinski definition) is 0. The topological polar surface area (TPSA) is 46.6 Å². The average Bonchev–Trinajstić information content (AvgIpc) is 2.53. The van der Waals surface area contributed by atoms with Crippen LogP contribution in [0.1, 0.15) is 18.9 Å². The molecule has 0 aliphatic rings. The molecule has 0 aliphatic heterocycles. The van der Waals surface area contributed by atoms with E-state index in [1.54, 1.807) is 24.3 Å². The first kappa shape index (κ1) is 17.8. The van der Waals surface area contributed by atoms with Crippen molar-refractivity contribution in [2.24, 2.45) is 0 Å². The summed E-state index contributed by atoms with van der Waals surface area (Å²) in [6, 6.07) is 12.4. The second-order valence-electron chi connectivity index (χ2n) is 5.21. The van der Waals surface area contributed by atoms with Gasteiger partial charge >= 0.3 is 0 Å². The second-order valence-corrected chi connectivity index (χ2v) is 7.95. The lowest BCUT2D eigenvalue weighted by Crippen LogP contribution is -2.32. The minimum Gasteiger partial charge on any atom is -0.495 e. The fourth-order valence-electron chi connectivity index (χ4n) is 2.30. The molecule has 23 heavy (non-hydrogen) atoms. The van der Waals surface area contributed by atoms with Crippen molar-refractivity contribution >= 4 is 31.6 Å². The Bertz CT molecular complexity index is 773. The highest BCUT2D eigenvalue weighted by Gasteiger charge is 2.27. The van der Waals surface area contributed by atoms with Crippen LogP contribution in [0.5, 0.6) is 5.75 Å². The minimum atomic E-state index is -3.70. The third kappa shape index (κ3) is 3.87. The Morgan fingerprint density at radius 1 is 1.13 bits per heavy atom. The predicted octanol–water partition coefficient (Wildman–Crippen LogP) is 4.37. The summed E-state index contributed by atoms with van der Waals surface area (Å²) in [5.74, 6) is 0.355. The molecule has 124 valence electrons.